The van der Waals surface area contributed by atoms with Gasteiger partial charge in [0.1, 0.15) is 5.57 Å². The molecule has 2 rings (SSSR count). The Morgan fingerprint density at radius 3 is 2.28 bits per heavy atom. The molecule has 1 atom stereocenters. The lowest BCUT2D eigenvalue weighted by molar-refractivity contribution is -0.139. The Hall–Kier alpha value is -2.03. The molecule has 1 aromatic carbocycles. The first-order valence-corrected chi connectivity index (χ1v) is 7.31. The largest absolute Gasteiger partial charge is 0.421 e. The van der Waals surface area contributed by atoms with Crippen molar-refractivity contribution in [3.8, 4) is 0 Å². The third kappa shape index (κ3) is 4.97. The van der Waals surface area contributed by atoms with Crippen LogP contribution in [0.1, 0.15) is 17.5 Å². The molecule has 138 valence electrons. The second-order valence-electron chi connectivity index (χ2n) is 5.64. The Morgan fingerprint density at radius 2 is 1.76 bits per heavy atom. The first-order chi connectivity index (χ1) is 11.5. The van der Waals surface area contributed by atoms with Crippen molar-refractivity contribution in [3.63, 3.8) is 0 Å². The van der Waals surface area contributed by atoms with Gasteiger partial charge in [0.05, 0.1) is 18.3 Å². The standard InChI is InChI=1S/C16H15F6NO2/c1-10(15(17,18)19)14(24)23-7-6-13(8-23)25-9-11-2-4-12(5-3-11)16(20,21)22/h2-5,13H,1,6-9H2. The highest BCUT2D eigenvalue weighted by Crippen LogP contribution is 2.30. The maximum Gasteiger partial charge on any atom is 0.421 e. The number of carbonyl (C=O) groups is 1. The Balaban J connectivity index is 1.85. The van der Waals surface area contributed by atoms with E-state index in [4.69, 9.17) is 4.74 Å². The van der Waals surface area contributed by atoms with Crippen LogP contribution in [0.25, 0.3) is 0 Å². The van der Waals surface area contributed by atoms with E-state index in [1.807, 2.05) is 0 Å². The van der Waals surface area contributed by atoms with Gasteiger partial charge in [-0.25, -0.2) is 0 Å². The normalized spacial score (nSPS) is 18.5. The van der Waals surface area contributed by atoms with Crippen molar-refractivity contribution in [2.24, 2.45) is 0 Å². The van der Waals surface area contributed by atoms with E-state index in [1.165, 1.54) is 12.1 Å². The third-order valence-electron chi connectivity index (χ3n) is 3.80. The Morgan fingerprint density at radius 1 is 1.16 bits per heavy atom. The van der Waals surface area contributed by atoms with E-state index in [9.17, 15) is 31.1 Å². The first kappa shape index (κ1) is 19.3. The van der Waals surface area contributed by atoms with Crippen molar-refractivity contribution < 1.29 is 35.9 Å². The predicted molar refractivity (Wildman–Crippen MR) is 76.4 cm³/mol. The van der Waals surface area contributed by atoms with Crippen molar-refractivity contribution in [2.75, 3.05) is 13.1 Å². The minimum atomic E-state index is -4.78. The molecule has 0 aromatic heterocycles. The van der Waals surface area contributed by atoms with E-state index in [1.54, 1.807) is 0 Å². The highest BCUT2D eigenvalue weighted by atomic mass is 19.4. The van der Waals surface area contributed by atoms with Gasteiger partial charge in [0.15, 0.2) is 0 Å². The van der Waals surface area contributed by atoms with Gasteiger partial charge in [-0.05, 0) is 24.1 Å². The fourth-order valence-electron chi connectivity index (χ4n) is 2.36. The lowest BCUT2D eigenvalue weighted by Crippen LogP contribution is -2.35. The fourth-order valence-corrected chi connectivity index (χ4v) is 2.36. The van der Waals surface area contributed by atoms with E-state index in [0.29, 0.717) is 12.0 Å². The van der Waals surface area contributed by atoms with Crippen LogP contribution in [0.2, 0.25) is 0 Å². The summed E-state index contributed by atoms with van der Waals surface area (Å²) in [6.45, 7) is 2.86. The maximum atomic E-state index is 12.5. The van der Waals surface area contributed by atoms with E-state index < -0.39 is 35.5 Å². The van der Waals surface area contributed by atoms with Gasteiger partial charge < -0.3 is 9.64 Å². The number of amides is 1. The number of hydrogen-bond donors (Lipinski definition) is 0. The zero-order valence-corrected chi connectivity index (χ0v) is 13.0. The highest BCUT2D eigenvalue weighted by Gasteiger charge is 2.40. The number of alkyl halides is 6. The number of benzene rings is 1. The average molecular weight is 367 g/mol. The molecule has 0 spiro atoms. The molecule has 0 saturated carbocycles. The topological polar surface area (TPSA) is 29.5 Å². The van der Waals surface area contributed by atoms with Crippen LogP contribution in [-0.4, -0.2) is 36.2 Å². The molecule has 1 aliphatic heterocycles. The van der Waals surface area contributed by atoms with Crippen LogP contribution < -0.4 is 0 Å². The second kappa shape index (κ2) is 7.07. The summed E-state index contributed by atoms with van der Waals surface area (Å²) in [7, 11) is 0. The van der Waals surface area contributed by atoms with E-state index >= 15 is 0 Å². The minimum absolute atomic E-state index is 0.00501. The Bertz CT molecular complexity index is 636. The summed E-state index contributed by atoms with van der Waals surface area (Å²) >= 11 is 0. The summed E-state index contributed by atoms with van der Waals surface area (Å²) in [5.41, 5.74) is -1.71. The molecule has 3 nitrogen and oxygen atoms in total. The van der Waals surface area contributed by atoms with Gasteiger partial charge in [0.25, 0.3) is 5.91 Å². The summed E-state index contributed by atoms with van der Waals surface area (Å²) in [5, 5.41) is 0. The van der Waals surface area contributed by atoms with Crippen LogP contribution in [0.4, 0.5) is 26.3 Å². The number of hydrogen-bond acceptors (Lipinski definition) is 2. The SMILES string of the molecule is C=C(C(=O)N1CCC(OCc2ccc(C(F)(F)F)cc2)C1)C(F)(F)F. The summed E-state index contributed by atoms with van der Waals surface area (Å²) < 4.78 is 80.3. The minimum Gasteiger partial charge on any atom is -0.372 e. The van der Waals surface area contributed by atoms with Gasteiger partial charge in [0, 0.05) is 13.1 Å². The summed E-state index contributed by atoms with van der Waals surface area (Å²) in [4.78, 5) is 12.7. The molecular weight excluding hydrogens is 352 g/mol. The molecule has 0 N–H and O–H groups in total. The van der Waals surface area contributed by atoms with Crippen molar-refractivity contribution in [3.05, 3.63) is 47.5 Å². The molecule has 0 aliphatic carbocycles. The predicted octanol–water partition coefficient (Wildman–Crippen LogP) is 3.94. The number of carbonyl (C=O) groups excluding carboxylic acids is 1. The van der Waals surface area contributed by atoms with E-state index in [0.717, 1.165) is 17.0 Å². The second-order valence-corrected chi connectivity index (χ2v) is 5.64. The molecule has 1 heterocycles. The van der Waals surface area contributed by atoms with Crippen molar-refractivity contribution in [1.29, 1.82) is 0 Å². The molecule has 1 aromatic rings. The quantitative estimate of drug-likeness (QED) is 0.596. The zero-order chi connectivity index (χ0) is 18.8. The van der Waals surface area contributed by atoms with Crippen LogP contribution in [0.3, 0.4) is 0 Å². The average Bonchev–Trinajstić information content (AvgIpc) is 2.99. The molecule has 1 unspecified atom stereocenters. The molecular formula is C16H15F6NO2. The lowest BCUT2D eigenvalue weighted by atomic mass is 10.1. The molecule has 1 aliphatic rings. The van der Waals surface area contributed by atoms with Crippen molar-refractivity contribution in [2.45, 2.75) is 31.5 Å². The molecule has 0 bridgehead atoms. The smallest absolute Gasteiger partial charge is 0.372 e. The number of rotatable bonds is 4. The number of halogens is 6. The van der Waals surface area contributed by atoms with Gasteiger partial charge in [0.2, 0.25) is 0 Å². The van der Waals surface area contributed by atoms with Crippen LogP contribution in [0.15, 0.2) is 36.4 Å². The summed E-state index contributed by atoms with van der Waals surface area (Å²) in [5.74, 6) is -1.19. The molecule has 1 amide bonds. The monoisotopic (exact) mass is 367 g/mol. The maximum absolute atomic E-state index is 12.5. The molecule has 9 heteroatoms. The summed E-state index contributed by atoms with van der Waals surface area (Å²) in [6, 6.07) is 4.39. The Kier molecular flexibility index (Phi) is 5.46. The summed E-state index contributed by atoms with van der Waals surface area (Å²) in [6.07, 6.45) is -9.34. The van der Waals surface area contributed by atoms with Gasteiger partial charge in [-0.15, -0.1) is 0 Å². The van der Waals surface area contributed by atoms with Crippen LogP contribution in [0, 0.1) is 0 Å². The molecule has 25 heavy (non-hydrogen) atoms. The number of likely N-dealkylation sites (tertiary alicyclic amines) is 1. The lowest BCUT2D eigenvalue weighted by Gasteiger charge is -2.19. The van der Waals surface area contributed by atoms with Crippen molar-refractivity contribution in [1.82, 2.24) is 4.90 Å². The van der Waals surface area contributed by atoms with Crippen molar-refractivity contribution >= 4 is 5.91 Å². The van der Waals surface area contributed by atoms with E-state index in [-0.39, 0.29) is 19.7 Å². The molecule has 0 radical (unpaired) electrons. The van der Waals surface area contributed by atoms with Crippen LogP contribution in [0.5, 0.6) is 0 Å². The van der Waals surface area contributed by atoms with Gasteiger partial charge >= 0.3 is 12.4 Å². The number of ether oxygens (including phenoxy) is 1. The van der Waals surface area contributed by atoms with Crippen LogP contribution >= 0.6 is 0 Å². The van der Waals surface area contributed by atoms with Gasteiger partial charge in [-0.1, -0.05) is 18.7 Å². The zero-order valence-electron chi connectivity index (χ0n) is 13.0. The third-order valence-corrected chi connectivity index (χ3v) is 3.80. The fraction of sp³-hybridized carbons (Fsp3) is 0.438. The molecule has 1 saturated heterocycles. The van der Waals surface area contributed by atoms with Gasteiger partial charge in [-0.2, -0.15) is 26.3 Å². The Labute approximate surface area is 139 Å². The number of nitrogens with zero attached hydrogens (tertiary/aromatic N) is 1. The van der Waals surface area contributed by atoms with Crippen LogP contribution in [-0.2, 0) is 22.3 Å². The highest BCUT2D eigenvalue weighted by molar-refractivity contribution is 5.94. The van der Waals surface area contributed by atoms with E-state index in [2.05, 4.69) is 6.58 Å². The molecule has 1 fully saturated rings. The van der Waals surface area contributed by atoms with Gasteiger partial charge in [-0.3, -0.25) is 4.79 Å². The first-order valence-electron chi connectivity index (χ1n) is 7.31.